The molecule has 0 spiro atoms. The van der Waals surface area contributed by atoms with E-state index >= 15 is 0 Å². The minimum absolute atomic E-state index is 0.0717. The van der Waals surface area contributed by atoms with Crippen molar-refractivity contribution in [1.29, 1.82) is 0 Å². The van der Waals surface area contributed by atoms with E-state index in [9.17, 15) is 23.5 Å². The van der Waals surface area contributed by atoms with Crippen LogP contribution in [0.4, 0.5) is 14.5 Å². The Bertz CT molecular complexity index is 627. The first-order chi connectivity index (χ1) is 9.48. The summed E-state index contributed by atoms with van der Waals surface area (Å²) < 4.78 is 39.0. The first-order valence-corrected chi connectivity index (χ1v) is 7.83. The molecule has 0 bridgehead atoms. The molecule has 1 rings (SSSR count). The van der Waals surface area contributed by atoms with Gasteiger partial charge < -0.3 is 9.79 Å². The molecule has 1 aromatic rings. The molecule has 0 aromatic heterocycles. The van der Waals surface area contributed by atoms with Crippen LogP contribution in [0.1, 0.15) is 36.1 Å². The predicted octanol–water partition coefficient (Wildman–Crippen LogP) is 3.26. The highest BCUT2D eigenvalue weighted by atomic mass is 31.2. The number of hydrogen-bond donors (Lipinski definition) is 2. The number of benzene rings is 1. The normalized spacial score (nSPS) is 12.5. The second-order valence-electron chi connectivity index (χ2n) is 4.58. The molecule has 21 heavy (non-hydrogen) atoms. The molecule has 0 atom stereocenters. The molecule has 1 aromatic carbocycles. The zero-order chi connectivity index (χ0) is 16.6. The van der Waals surface area contributed by atoms with Crippen LogP contribution in [0, 0.1) is 17.0 Å². The lowest BCUT2D eigenvalue weighted by atomic mass is 9.93. The Balaban J connectivity index is 3.89. The Kier molecular flexibility index (Phi) is 4.87. The molecule has 6 nitrogen and oxygen atoms in total. The van der Waals surface area contributed by atoms with Crippen LogP contribution >= 0.6 is 7.60 Å². The lowest BCUT2D eigenvalue weighted by Crippen LogP contribution is -2.18. The van der Waals surface area contributed by atoms with Crippen LogP contribution in [0.3, 0.4) is 0 Å². The molecule has 0 radical (unpaired) electrons. The van der Waals surface area contributed by atoms with Crippen LogP contribution in [0.25, 0.3) is 0 Å². The highest BCUT2D eigenvalue weighted by Crippen LogP contribution is 2.61. The summed E-state index contributed by atoms with van der Waals surface area (Å²) in [6, 6.07) is 0.825. The van der Waals surface area contributed by atoms with E-state index in [0.717, 1.165) is 6.07 Å². The van der Waals surface area contributed by atoms with Gasteiger partial charge in [0.05, 0.1) is 4.92 Å². The average molecular weight is 323 g/mol. The number of alkyl halides is 2. The summed E-state index contributed by atoms with van der Waals surface area (Å²) in [6.07, 6.45) is 0.432. The van der Waals surface area contributed by atoms with Gasteiger partial charge in [0.15, 0.2) is 0 Å². The van der Waals surface area contributed by atoms with E-state index in [-0.39, 0.29) is 12.0 Å². The number of hydrogen-bond acceptors (Lipinski definition) is 3. The summed E-state index contributed by atoms with van der Waals surface area (Å²) in [5.41, 5.74) is -5.77. The monoisotopic (exact) mass is 323 g/mol. The Labute approximate surface area is 120 Å². The Morgan fingerprint density at radius 1 is 1.33 bits per heavy atom. The molecular formula is C12H16F2NO5P. The van der Waals surface area contributed by atoms with Crippen molar-refractivity contribution in [1.82, 2.24) is 0 Å². The summed E-state index contributed by atoms with van der Waals surface area (Å²) >= 11 is 0. The maximum absolute atomic E-state index is 14.0. The van der Waals surface area contributed by atoms with Crippen molar-refractivity contribution in [3.63, 3.8) is 0 Å². The lowest BCUT2D eigenvalue weighted by Gasteiger charge is -2.21. The fourth-order valence-corrected chi connectivity index (χ4v) is 2.76. The standard InChI is InChI=1S/C12H16F2NO5P/c1-4-8-6-10(12(13,14)21(18,19)20)11(15(16)17)9(5-2)7(8)3/h6H,4-5H2,1-3H3,(H2,18,19,20). The van der Waals surface area contributed by atoms with Crippen molar-refractivity contribution in [2.75, 3.05) is 0 Å². The van der Waals surface area contributed by atoms with Crippen LogP contribution in [-0.4, -0.2) is 14.7 Å². The Hall–Kier alpha value is -1.37. The van der Waals surface area contributed by atoms with Crippen molar-refractivity contribution in [3.8, 4) is 0 Å². The van der Waals surface area contributed by atoms with E-state index < -0.39 is 29.4 Å². The predicted molar refractivity (Wildman–Crippen MR) is 72.5 cm³/mol. The van der Waals surface area contributed by atoms with E-state index in [1.807, 2.05) is 0 Å². The third-order valence-electron chi connectivity index (χ3n) is 3.40. The molecule has 0 saturated carbocycles. The molecule has 0 heterocycles. The molecule has 0 unspecified atom stereocenters. The number of nitro benzene ring substituents is 1. The van der Waals surface area contributed by atoms with E-state index in [1.54, 1.807) is 20.8 Å². The SMILES string of the molecule is CCc1cc(C(F)(F)P(=O)(O)O)c([N+](=O)[O-])c(CC)c1C. The third-order valence-corrected chi connectivity index (χ3v) is 4.37. The van der Waals surface area contributed by atoms with Crippen LogP contribution in [0.15, 0.2) is 6.07 Å². The van der Waals surface area contributed by atoms with Gasteiger partial charge in [0.25, 0.3) is 5.69 Å². The number of rotatable bonds is 5. The van der Waals surface area contributed by atoms with Crippen molar-refractivity contribution in [2.24, 2.45) is 0 Å². The largest absolute Gasteiger partial charge is 0.399 e. The zero-order valence-electron chi connectivity index (χ0n) is 11.8. The molecule has 0 aliphatic rings. The zero-order valence-corrected chi connectivity index (χ0v) is 12.7. The maximum atomic E-state index is 14.0. The Morgan fingerprint density at radius 3 is 2.19 bits per heavy atom. The Morgan fingerprint density at radius 2 is 1.86 bits per heavy atom. The van der Waals surface area contributed by atoms with Crippen molar-refractivity contribution >= 4 is 13.3 Å². The number of nitro groups is 1. The van der Waals surface area contributed by atoms with Crippen LogP contribution in [0.2, 0.25) is 0 Å². The second kappa shape index (κ2) is 5.79. The van der Waals surface area contributed by atoms with Gasteiger partial charge in [0, 0.05) is 5.56 Å². The highest BCUT2D eigenvalue weighted by Gasteiger charge is 2.54. The fourth-order valence-electron chi connectivity index (χ4n) is 2.28. The highest BCUT2D eigenvalue weighted by molar-refractivity contribution is 7.52. The number of halogens is 2. The van der Waals surface area contributed by atoms with Crippen molar-refractivity contribution < 1.29 is 28.1 Å². The summed E-state index contributed by atoms with van der Waals surface area (Å²) in [5, 5.41) is 11.1. The van der Waals surface area contributed by atoms with Crippen LogP contribution < -0.4 is 0 Å². The van der Waals surface area contributed by atoms with E-state index in [1.165, 1.54) is 0 Å². The first-order valence-electron chi connectivity index (χ1n) is 6.22. The first kappa shape index (κ1) is 17.7. The molecule has 2 N–H and O–H groups in total. The third kappa shape index (κ3) is 2.97. The van der Waals surface area contributed by atoms with E-state index in [4.69, 9.17) is 9.79 Å². The average Bonchev–Trinajstić information content (AvgIpc) is 2.36. The van der Waals surface area contributed by atoms with Gasteiger partial charge in [-0.05, 0) is 37.0 Å². The van der Waals surface area contributed by atoms with E-state index in [0.29, 0.717) is 17.5 Å². The number of nitrogens with zero attached hydrogens (tertiary/aromatic N) is 1. The maximum Gasteiger partial charge on any atom is 0.399 e. The summed E-state index contributed by atoms with van der Waals surface area (Å²) in [7, 11) is -5.87. The molecule has 0 amide bonds. The van der Waals surface area contributed by atoms with Crippen molar-refractivity contribution in [2.45, 2.75) is 39.3 Å². The molecule has 0 fully saturated rings. The van der Waals surface area contributed by atoms with Gasteiger partial charge in [-0.1, -0.05) is 13.8 Å². The van der Waals surface area contributed by atoms with Gasteiger partial charge in [-0.25, -0.2) is 0 Å². The minimum Gasteiger partial charge on any atom is -0.320 e. The fraction of sp³-hybridized carbons (Fsp3) is 0.500. The molecule has 9 heteroatoms. The molecule has 0 aliphatic carbocycles. The summed E-state index contributed by atoms with van der Waals surface area (Å²) in [4.78, 5) is 27.8. The molecular weight excluding hydrogens is 307 g/mol. The van der Waals surface area contributed by atoms with Gasteiger partial charge >= 0.3 is 13.3 Å². The second-order valence-corrected chi connectivity index (χ2v) is 6.23. The molecule has 0 saturated heterocycles. The lowest BCUT2D eigenvalue weighted by molar-refractivity contribution is -0.387. The van der Waals surface area contributed by atoms with E-state index in [2.05, 4.69) is 0 Å². The van der Waals surface area contributed by atoms with Gasteiger partial charge in [-0.15, -0.1) is 0 Å². The van der Waals surface area contributed by atoms with Gasteiger partial charge in [-0.2, -0.15) is 8.78 Å². The number of aryl methyl sites for hydroxylation is 1. The summed E-state index contributed by atoms with van der Waals surface area (Å²) in [6.45, 7) is 4.81. The molecule has 118 valence electrons. The quantitative estimate of drug-likeness (QED) is 0.492. The smallest absolute Gasteiger partial charge is 0.320 e. The topological polar surface area (TPSA) is 101 Å². The van der Waals surface area contributed by atoms with Crippen LogP contribution in [-0.2, 0) is 23.1 Å². The van der Waals surface area contributed by atoms with Gasteiger partial charge in [0.2, 0.25) is 0 Å². The minimum atomic E-state index is -5.87. The van der Waals surface area contributed by atoms with Gasteiger partial charge in [-0.3, -0.25) is 14.7 Å². The van der Waals surface area contributed by atoms with Crippen LogP contribution in [0.5, 0.6) is 0 Å². The molecule has 0 aliphatic heterocycles. The van der Waals surface area contributed by atoms with Crippen molar-refractivity contribution in [3.05, 3.63) is 38.4 Å². The summed E-state index contributed by atoms with van der Waals surface area (Å²) in [5.74, 6) is 0. The van der Waals surface area contributed by atoms with Gasteiger partial charge in [0.1, 0.15) is 5.56 Å².